The zero-order chi connectivity index (χ0) is 11.5. The van der Waals surface area contributed by atoms with E-state index >= 15 is 0 Å². The van der Waals surface area contributed by atoms with E-state index in [0.717, 1.165) is 0 Å². The van der Waals surface area contributed by atoms with E-state index in [0.29, 0.717) is 16.9 Å². The molecule has 0 saturated heterocycles. The molecule has 0 atom stereocenters. The molecule has 4 nitrogen and oxygen atoms in total. The smallest absolute Gasteiger partial charge is 0.344 e. The molecule has 0 aliphatic heterocycles. The summed E-state index contributed by atoms with van der Waals surface area (Å²) in [5, 5.41) is 0. The van der Waals surface area contributed by atoms with Gasteiger partial charge in [0.2, 0.25) is 0 Å². The van der Waals surface area contributed by atoms with Gasteiger partial charge in [0.25, 0.3) is 0 Å². The fourth-order valence-corrected chi connectivity index (χ4v) is 1.34. The van der Waals surface area contributed by atoms with Gasteiger partial charge in [0.05, 0.1) is 7.11 Å². The Morgan fingerprint density at radius 3 is 2.88 bits per heavy atom. The Bertz CT molecular complexity index is 546. The molecule has 1 heterocycles. The van der Waals surface area contributed by atoms with Crippen molar-refractivity contribution in [3.05, 3.63) is 46.9 Å². The minimum absolute atomic E-state index is 0.336. The standard InChI is InChI=1S/C11H9FN2O2/c1-16-8-2-3-10(12)9(4-8)7-5-13-11(15)14-6-7/h2-6H,1H3,(H,13,14,15). The van der Waals surface area contributed by atoms with Crippen LogP contribution in [0, 0.1) is 5.82 Å². The lowest BCUT2D eigenvalue weighted by atomic mass is 10.1. The van der Waals surface area contributed by atoms with Crippen molar-refractivity contribution in [2.75, 3.05) is 7.11 Å². The van der Waals surface area contributed by atoms with E-state index in [9.17, 15) is 9.18 Å². The molecule has 0 fully saturated rings. The summed E-state index contributed by atoms with van der Waals surface area (Å²) < 4.78 is 18.5. The summed E-state index contributed by atoms with van der Waals surface area (Å²) in [4.78, 5) is 16.7. The molecule has 0 spiro atoms. The van der Waals surface area contributed by atoms with Crippen LogP contribution in [0.3, 0.4) is 0 Å². The molecule has 2 aromatic rings. The maximum absolute atomic E-state index is 13.5. The number of hydrogen-bond donors (Lipinski definition) is 1. The highest BCUT2D eigenvalue weighted by Gasteiger charge is 2.07. The minimum atomic E-state index is -0.466. The lowest BCUT2D eigenvalue weighted by Gasteiger charge is -2.05. The fourth-order valence-electron chi connectivity index (χ4n) is 1.34. The maximum Gasteiger partial charge on any atom is 0.344 e. The van der Waals surface area contributed by atoms with E-state index < -0.39 is 11.5 Å². The van der Waals surface area contributed by atoms with Crippen molar-refractivity contribution in [1.82, 2.24) is 9.97 Å². The third kappa shape index (κ3) is 1.93. The first-order valence-electron chi connectivity index (χ1n) is 4.59. The summed E-state index contributed by atoms with van der Waals surface area (Å²) in [5.41, 5.74) is 0.367. The van der Waals surface area contributed by atoms with Crippen molar-refractivity contribution < 1.29 is 9.13 Å². The van der Waals surface area contributed by atoms with Gasteiger partial charge in [0.15, 0.2) is 0 Å². The van der Waals surface area contributed by atoms with Crippen LogP contribution in [0.15, 0.2) is 35.4 Å². The molecular formula is C11H9FN2O2. The summed E-state index contributed by atoms with van der Waals surface area (Å²) in [5.74, 6) is 0.150. The van der Waals surface area contributed by atoms with Crippen molar-refractivity contribution >= 4 is 0 Å². The van der Waals surface area contributed by atoms with Gasteiger partial charge in [-0.25, -0.2) is 14.2 Å². The molecule has 0 aliphatic rings. The van der Waals surface area contributed by atoms with Crippen LogP contribution in [0.1, 0.15) is 0 Å². The van der Waals surface area contributed by atoms with Crippen LogP contribution in [0.2, 0.25) is 0 Å². The Kier molecular flexibility index (Phi) is 2.68. The molecule has 16 heavy (non-hydrogen) atoms. The van der Waals surface area contributed by atoms with Gasteiger partial charge in [0.1, 0.15) is 11.6 Å². The number of rotatable bonds is 2. The molecular weight excluding hydrogens is 211 g/mol. The average Bonchev–Trinajstić information content (AvgIpc) is 2.31. The normalized spacial score (nSPS) is 10.1. The second-order valence-electron chi connectivity index (χ2n) is 3.15. The fraction of sp³-hybridized carbons (Fsp3) is 0.0909. The zero-order valence-corrected chi connectivity index (χ0v) is 8.53. The predicted molar refractivity (Wildman–Crippen MR) is 56.8 cm³/mol. The largest absolute Gasteiger partial charge is 0.497 e. The third-order valence-corrected chi connectivity index (χ3v) is 2.16. The minimum Gasteiger partial charge on any atom is -0.497 e. The molecule has 1 aromatic carbocycles. The van der Waals surface area contributed by atoms with Gasteiger partial charge in [0, 0.05) is 23.5 Å². The van der Waals surface area contributed by atoms with Crippen molar-refractivity contribution in [3.63, 3.8) is 0 Å². The number of methoxy groups -OCH3 is 1. The molecule has 0 bridgehead atoms. The number of H-pyrrole nitrogens is 1. The topological polar surface area (TPSA) is 55.0 Å². The van der Waals surface area contributed by atoms with E-state index in [-0.39, 0.29) is 0 Å². The second-order valence-corrected chi connectivity index (χ2v) is 3.15. The number of hydrogen-bond acceptors (Lipinski definition) is 3. The zero-order valence-electron chi connectivity index (χ0n) is 8.53. The lowest BCUT2D eigenvalue weighted by molar-refractivity contribution is 0.414. The Morgan fingerprint density at radius 1 is 1.44 bits per heavy atom. The second kappa shape index (κ2) is 4.14. The van der Waals surface area contributed by atoms with Crippen molar-refractivity contribution in [2.24, 2.45) is 0 Å². The molecule has 82 valence electrons. The lowest BCUT2D eigenvalue weighted by Crippen LogP contribution is -2.08. The molecule has 0 aliphatic carbocycles. The van der Waals surface area contributed by atoms with Crippen molar-refractivity contribution in [2.45, 2.75) is 0 Å². The van der Waals surface area contributed by atoms with Crippen LogP contribution in [0.5, 0.6) is 5.75 Å². The van der Waals surface area contributed by atoms with Crippen LogP contribution in [-0.2, 0) is 0 Å². The molecule has 1 aromatic heterocycles. The molecule has 0 radical (unpaired) electrons. The van der Waals surface area contributed by atoms with E-state index in [4.69, 9.17) is 4.74 Å². The first kappa shape index (κ1) is 10.4. The van der Waals surface area contributed by atoms with E-state index in [1.165, 1.54) is 31.6 Å². The Balaban J connectivity index is 2.54. The van der Waals surface area contributed by atoms with Crippen LogP contribution in [-0.4, -0.2) is 17.1 Å². The van der Waals surface area contributed by atoms with Crippen LogP contribution >= 0.6 is 0 Å². The Labute approximate surface area is 90.7 Å². The summed E-state index contributed by atoms with van der Waals surface area (Å²) in [7, 11) is 1.50. The number of nitrogens with one attached hydrogen (secondary N) is 1. The predicted octanol–water partition coefficient (Wildman–Crippen LogP) is 1.58. The number of nitrogens with zero attached hydrogens (tertiary/aromatic N) is 1. The monoisotopic (exact) mass is 220 g/mol. The number of aromatic nitrogens is 2. The number of halogens is 1. The summed E-state index contributed by atoms with van der Waals surface area (Å²) in [6.45, 7) is 0. The van der Waals surface area contributed by atoms with Crippen LogP contribution < -0.4 is 10.4 Å². The molecule has 0 amide bonds. The van der Waals surface area contributed by atoms with Gasteiger partial charge < -0.3 is 9.72 Å². The molecule has 2 rings (SSSR count). The first-order chi connectivity index (χ1) is 7.70. The molecule has 1 N–H and O–H groups in total. The maximum atomic E-state index is 13.5. The van der Waals surface area contributed by atoms with Crippen molar-refractivity contribution in [1.29, 1.82) is 0 Å². The van der Waals surface area contributed by atoms with Gasteiger partial charge in [-0.2, -0.15) is 0 Å². The Morgan fingerprint density at radius 2 is 2.25 bits per heavy atom. The van der Waals surface area contributed by atoms with E-state index in [2.05, 4.69) is 9.97 Å². The molecule has 0 unspecified atom stereocenters. The van der Waals surface area contributed by atoms with Gasteiger partial charge >= 0.3 is 5.69 Å². The van der Waals surface area contributed by atoms with Gasteiger partial charge in [-0.15, -0.1) is 0 Å². The van der Waals surface area contributed by atoms with Gasteiger partial charge in [-0.1, -0.05) is 0 Å². The summed E-state index contributed by atoms with van der Waals surface area (Å²) >= 11 is 0. The quantitative estimate of drug-likeness (QED) is 0.836. The molecule has 0 saturated carbocycles. The first-order valence-corrected chi connectivity index (χ1v) is 4.59. The highest BCUT2D eigenvalue weighted by molar-refractivity contribution is 5.63. The number of ether oxygens (including phenoxy) is 1. The molecule has 5 heteroatoms. The SMILES string of the molecule is COc1ccc(F)c(-c2cnc(=O)[nH]c2)c1. The summed E-state index contributed by atoms with van der Waals surface area (Å²) in [6, 6.07) is 4.38. The average molecular weight is 220 g/mol. The van der Waals surface area contributed by atoms with E-state index in [1.54, 1.807) is 6.07 Å². The van der Waals surface area contributed by atoms with Gasteiger partial charge in [-0.05, 0) is 18.2 Å². The van der Waals surface area contributed by atoms with Gasteiger partial charge in [-0.3, -0.25) is 0 Å². The van der Waals surface area contributed by atoms with Crippen LogP contribution in [0.25, 0.3) is 11.1 Å². The highest BCUT2D eigenvalue weighted by atomic mass is 19.1. The van der Waals surface area contributed by atoms with E-state index in [1.807, 2.05) is 0 Å². The van der Waals surface area contributed by atoms with Crippen molar-refractivity contribution in [3.8, 4) is 16.9 Å². The van der Waals surface area contributed by atoms with Crippen LogP contribution in [0.4, 0.5) is 4.39 Å². The highest BCUT2D eigenvalue weighted by Crippen LogP contribution is 2.25. The summed E-state index contributed by atoms with van der Waals surface area (Å²) in [6.07, 6.45) is 2.73. The third-order valence-electron chi connectivity index (χ3n) is 2.16. The number of benzene rings is 1. The number of aromatic amines is 1. The Hall–Kier alpha value is -2.17.